The molecule has 2 N–H and O–H groups in total. The van der Waals surface area contributed by atoms with E-state index in [1.54, 1.807) is 24.3 Å². The van der Waals surface area contributed by atoms with Gasteiger partial charge in [-0.2, -0.15) is 0 Å². The number of nitrogens with one attached hydrogen (secondary N) is 1. The van der Waals surface area contributed by atoms with Gasteiger partial charge in [0, 0.05) is 6.07 Å². The second-order valence-electron chi connectivity index (χ2n) is 5.26. The van der Waals surface area contributed by atoms with Gasteiger partial charge in [-0.15, -0.1) is 0 Å². The third kappa shape index (κ3) is 4.36. The molecule has 0 aliphatic rings. The van der Waals surface area contributed by atoms with Gasteiger partial charge in [0.15, 0.2) is 0 Å². The van der Waals surface area contributed by atoms with Gasteiger partial charge in [-0.05, 0) is 24.6 Å². The van der Waals surface area contributed by atoms with Crippen LogP contribution in [-0.2, 0) is 14.8 Å². The molecular formula is C16H15F2NO4S. The number of halogens is 2. The van der Waals surface area contributed by atoms with E-state index < -0.39 is 45.0 Å². The highest BCUT2D eigenvalue weighted by molar-refractivity contribution is 7.89. The molecule has 128 valence electrons. The molecule has 1 atom stereocenters. The Balaban J connectivity index is 2.37. The SMILES string of the molecule is Cc1ccc([C@@H](CC(=O)O)NS(=O)(=O)c2ccc(F)cc2F)cc1. The molecule has 0 spiro atoms. The molecule has 0 bridgehead atoms. The average molecular weight is 355 g/mol. The number of carboxylic acids is 1. The molecule has 5 nitrogen and oxygen atoms in total. The van der Waals surface area contributed by atoms with Crippen LogP contribution in [0, 0.1) is 18.6 Å². The molecule has 0 radical (unpaired) electrons. The third-order valence-electron chi connectivity index (χ3n) is 3.34. The van der Waals surface area contributed by atoms with Gasteiger partial charge in [0.05, 0.1) is 12.5 Å². The van der Waals surface area contributed by atoms with Crippen molar-refractivity contribution >= 4 is 16.0 Å². The number of benzene rings is 2. The maximum atomic E-state index is 13.7. The minimum atomic E-state index is -4.37. The smallest absolute Gasteiger partial charge is 0.305 e. The van der Waals surface area contributed by atoms with Crippen LogP contribution in [0.25, 0.3) is 0 Å². The molecule has 0 saturated carbocycles. The number of aliphatic carboxylic acids is 1. The molecule has 0 aromatic heterocycles. The van der Waals surface area contributed by atoms with Crippen molar-refractivity contribution < 1.29 is 27.1 Å². The van der Waals surface area contributed by atoms with Gasteiger partial charge in [0.1, 0.15) is 16.5 Å². The van der Waals surface area contributed by atoms with E-state index in [0.717, 1.165) is 17.7 Å². The van der Waals surface area contributed by atoms with Crippen molar-refractivity contribution in [2.24, 2.45) is 0 Å². The summed E-state index contributed by atoms with van der Waals surface area (Å²) < 4.78 is 53.5. The summed E-state index contributed by atoms with van der Waals surface area (Å²) in [5.74, 6) is -3.38. The molecule has 0 unspecified atom stereocenters. The monoisotopic (exact) mass is 355 g/mol. The molecule has 8 heteroatoms. The van der Waals surface area contributed by atoms with Crippen LogP contribution in [0.2, 0.25) is 0 Å². The van der Waals surface area contributed by atoms with Crippen molar-refractivity contribution in [3.8, 4) is 0 Å². The van der Waals surface area contributed by atoms with Crippen LogP contribution in [-0.4, -0.2) is 19.5 Å². The summed E-state index contributed by atoms with van der Waals surface area (Å²) in [5, 5.41) is 9.00. The van der Waals surface area contributed by atoms with Crippen LogP contribution in [0.15, 0.2) is 47.4 Å². The molecule has 0 aliphatic heterocycles. The molecule has 0 amide bonds. The van der Waals surface area contributed by atoms with E-state index >= 15 is 0 Å². The number of aryl methyl sites for hydroxylation is 1. The fourth-order valence-corrected chi connectivity index (χ4v) is 3.43. The van der Waals surface area contributed by atoms with E-state index in [1.807, 2.05) is 6.92 Å². The van der Waals surface area contributed by atoms with Gasteiger partial charge in [0.2, 0.25) is 10.0 Å². The van der Waals surface area contributed by atoms with Gasteiger partial charge in [-0.1, -0.05) is 29.8 Å². The molecule has 0 aliphatic carbocycles. The Morgan fingerprint density at radius 2 is 1.79 bits per heavy atom. The number of carbonyl (C=O) groups is 1. The summed E-state index contributed by atoms with van der Waals surface area (Å²) in [4.78, 5) is 10.3. The van der Waals surface area contributed by atoms with Crippen LogP contribution >= 0.6 is 0 Å². The van der Waals surface area contributed by atoms with Crippen LogP contribution < -0.4 is 4.72 Å². The van der Waals surface area contributed by atoms with E-state index in [0.29, 0.717) is 11.6 Å². The maximum absolute atomic E-state index is 13.7. The first-order valence-corrected chi connectivity index (χ1v) is 8.43. The molecule has 0 saturated heterocycles. The summed E-state index contributed by atoms with van der Waals surface area (Å²) in [6, 6.07) is 7.56. The summed E-state index contributed by atoms with van der Waals surface area (Å²) >= 11 is 0. The lowest BCUT2D eigenvalue weighted by Crippen LogP contribution is -2.31. The first-order valence-electron chi connectivity index (χ1n) is 6.95. The predicted octanol–water partition coefficient (Wildman–Crippen LogP) is 2.77. The molecule has 0 heterocycles. The highest BCUT2D eigenvalue weighted by Gasteiger charge is 2.26. The molecule has 2 rings (SSSR count). The minimum absolute atomic E-state index is 0.425. The average Bonchev–Trinajstić information content (AvgIpc) is 2.46. The second-order valence-corrected chi connectivity index (χ2v) is 6.94. The number of carboxylic acid groups (broad SMARTS) is 1. The Kier molecular flexibility index (Phi) is 5.30. The van der Waals surface area contributed by atoms with E-state index in [-0.39, 0.29) is 0 Å². The zero-order valence-corrected chi connectivity index (χ0v) is 13.5. The maximum Gasteiger partial charge on any atom is 0.305 e. The van der Waals surface area contributed by atoms with Gasteiger partial charge in [0.25, 0.3) is 0 Å². The first kappa shape index (κ1) is 18.0. The molecular weight excluding hydrogens is 340 g/mol. The van der Waals surface area contributed by atoms with E-state index in [9.17, 15) is 22.0 Å². The van der Waals surface area contributed by atoms with Crippen molar-refractivity contribution in [3.05, 3.63) is 65.2 Å². The molecule has 2 aromatic carbocycles. The first-order chi connectivity index (χ1) is 11.2. The van der Waals surface area contributed by atoms with E-state index in [4.69, 9.17) is 5.11 Å². The zero-order chi connectivity index (χ0) is 17.9. The Morgan fingerprint density at radius 3 is 2.33 bits per heavy atom. The largest absolute Gasteiger partial charge is 0.481 e. The number of hydrogen-bond donors (Lipinski definition) is 2. The van der Waals surface area contributed by atoms with Crippen LogP contribution in [0.4, 0.5) is 8.78 Å². The van der Waals surface area contributed by atoms with Crippen molar-refractivity contribution in [3.63, 3.8) is 0 Å². The Morgan fingerprint density at radius 1 is 1.17 bits per heavy atom. The molecule has 24 heavy (non-hydrogen) atoms. The lowest BCUT2D eigenvalue weighted by Gasteiger charge is -2.18. The summed E-state index contributed by atoms with van der Waals surface area (Å²) in [5.41, 5.74) is 1.34. The molecule has 2 aromatic rings. The fourth-order valence-electron chi connectivity index (χ4n) is 2.14. The van der Waals surface area contributed by atoms with Crippen LogP contribution in [0.3, 0.4) is 0 Å². The van der Waals surface area contributed by atoms with Crippen molar-refractivity contribution in [1.82, 2.24) is 4.72 Å². The predicted molar refractivity (Wildman–Crippen MR) is 82.9 cm³/mol. The fraction of sp³-hybridized carbons (Fsp3) is 0.188. The van der Waals surface area contributed by atoms with Gasteiger partial charge < -0.3 is 5.11 Å². The second kappa shape index (κ2) is 7.06. The van der Waals surface area contributed by atoms with Crippen LogP contribution in [0.1, 0.15) is 23.6 Å². The minimum Gasteiger partial charge on any atom is -0.481 e. The lowest BCUT2D eigenvalue weighted by atomic mass is 10.0. The third-order valence-corrected chi connectivity index (χ3v) is 4.84. The lowest BCUT2D eigenvalue weighted by molar-refractivity contribution is -0.137. The Labute approximate surface area is 138 Å². The van der Waals surface area contributed by atoms with Crippen molar-refractivity contribution in [1.29, 1.82) is 0 Å². The van der Waals surface area contributed by atoms with E-state index in [2.05, 4.69) is 4.72 Å². The Hall–Kier alpha value is -2.32. The number of rotatable bonds is 6. The Bertz CT molecular complexity index is 851. The van der Waals surface area contributed by atoms with Gasteiger partial charge >= 0.3 is 5.97 Å². The molecule has 0 fully saturated rings. The van der Waals surface area contributed by atoms with Crippen molar-refractivity contribution in [2.75, 3.05) is 0 Å². The summed E-state index contributed by atoms with van der Waals surface area (Å²) in [6.45, 7) is 1.83. The summed E-state index contributed by atoms with van der Waals surface area (Å²) in [7, 11) is -4.37. The number of sulfonamides is 1. The van der Waals surface area contributed by atoms with Gasteiger partial charge in [-0.25, -0.2) is 21.9 Å². The van der Waals surface area contributed by atoms with Crippen LogP contribution in [0.5, 0.6) is 0 Å². The van der Waals surface area contributed by atoms with E-state index in [1.165, 1.54) is 0 Å². The highest BCUT2D eigenvalue weighted by Crippen LogP contribution is 2.22. The van der Waals surface area contributed by atoms with Gasteiger partial charge in [-0.3, -0.25) is 4.79 Å². The highest BCUT2D eigenvalue weighted by atomic mass is 32.2. The van der Waals surface area contributed by atoms with Crippen molar-refractivity contribution in [2.45, 2.75) is 24.3 Å². The summed E-state index contributed by atoms with van der Waals surface area (Å²) in [6.07, 6.45) is -0.523. The standard InChI is InChI=1S/C16H15F2NO4S/c1-10-2-4-11(5-3-10)14(9-16(20)21)19-24(22,23)15-7-6-12(17)8-13(15)18/h2-8,14,19H,9H2,1H3,(H,20,21)/t14-/m1/s1. The topological polar surface area (TPSA) is 83.5 Å². The zero-order valence-electron chi connectivity index (χ0n) is 12.7. The quantitative estimate of drug-likeness (QED) is 0.835. The normalized spacial score (nSPS) is 12.8. The number of hydrogen-bond acceptors (Lipinski definition) is 3.